The second-order valence-electron chi connectivity index (χ2n) is 6.27. The van der Waals surface area contributed by atoms with Crippen LogP contribution < -0.4 is 10.1 Å². The summed E-state index contributed by atoms with van der Waals surface area (Å²) in [7, 11) is 5.60. The average Bonchev–Trinajstić information content (AvgIpc) is 2.99. The fourth-order valence-electron chi connectivity index (χ4n) is 2.51. The van der Waals surface area contributed by atoms with Crippen LogP contribution in [0.15, 0.2) is 30.5 Å². The van der Waals surface area contributed by atoms with E-state index in [0.717, 1.165) is 23.7 Å². The zero-order valence-electron chi connectivity index (χ0n) is 15.0. The Morgan fingerprint density at radius 3 is 2.50 bits per heavy atom. The van der Waals surface area contributed by atoms with Crippen LogP contribution in [0.1, 0.15) is 35.8 Å². The Balaban J connectivity index is 2.27. The summed E-state index contributed by atoms with van der Waals surface area (Å²) in [4.78, 5) is 14.5. The van der Waals surface area contributed by atoms with E-state index in [1.165, 1.54) is 0 Å². The van der Waals surface area contributed by atoms with Crippen LogP contribution in [0.5, 0.6) is 5.75 Å². The summed E-state index contributed by atoms with van der Waals surface area (Å²) in [5, 5.41) is 7.39. The molecule has 2 aromatic rings. The second-order valence-corrected chi connectivity index (χ2v) is 6.27. The number of ether oxygens (including phenoxy) is 1. The van der Waals surface area contributed by atoms with Gasteiger partial charge in [-0.1, -0.05) is 13.8 Å². The summed E-state index contributed by atoms with van der Waals surface area (Å²) in [5.41, 5.74) is 2.44. The molecule has 1 amide bonds. The second kappa shape index (κ2) is 7.97. The van der Waals surface area contributed by atoms with E-state index in [-0.39, 0.29) is 11.8 Å². The monoisotopic (exact) mass is 330 g/mol. The van der Waals surface area contributed by atoms with Crippen LogP contribution in [0.4, 0.5) is 0 Å². The number of likely N-dealkylation sites (N-methyl/N-ethyl adjacent to an activating group) is 1. The zero-order valence-corrected chi connectivity index (χ0v) is 15.0. The average molecular weight is 330 g/mol. The summed E-state index contributed by atoms with van der Waals surface area (Å²) in [6, 6.07) is 7.65. The largest absolute Gasteiger partial charge is 0.497 e. The molecule has 1 aromatic carbocycles. The highest BCUT2D eigenvalue weighted by Crippen LogP contribution is 2.24. The number of hydrogen-bond donors (Lipinski definition) is 1. The molecule has 1 heterocycles. The summed E-state index contributed by atoms with van der Waals surface area (Å²) < 4.78 is 7.02. The van der Waals surface area contributed by atoms with Gasteiger partial charge in [-0.15, -0.1) is 0 Å². The van der Waals surface area contributed by atoms with Crippen LogP contribution in [0.3, 0.4) is 0 Å². The molecule has 0 aliphatic rings. The van der Waals surface area contributed by atoms with Crippen molar-refractivity contribution in [1.29, 1.82) is 0 Å². The number of carbonyl (C=O) groups is 1. The van der Waals surface area contributed by atoms with E-state index in [9.17, 15) is 4.79 Å². The number of rotatable bonds is 7. The lowest BCUT2D eigenvalue weighted by atomic mass is 10.0. The van der Waals surface area contributed by atoms with E-state index in [1.807, 2.05) is 47.9 Å². The van der Waals surface area contributed by atoms with Crippen LogP contribution in [-0.4, -0.2) is 54.9 Å². The van der Waals surface area contributed by atoms with Crippen molar-refractivity contribution in [1.82, 2.24) is 20.0 Å². The minimum atomic E-state index is -0.0830. The third kappa shape index (κ3) is 4.14. The topological polar surface area (TPSA) is 59.4 Å². The maximum atomic E-state index is 12.5. The Bertz CT molecular complexity index is 675. The van der Waals surface area contributed by atoms with Gasteiger partial charge < -0.3 is 15.0 Å². The van der Waals surface area contributed by atoms with Crippen molar-refractivity contribution in [3.63, 3.8) is 0 Å². The minimum absolute atomic E-state index is 0.0830. The summed E-state index contributed by atoms with van der Waals surface area (Å²) >= 11 is 0. The molecular formula is C18H26N4O2. The molecule has 0 spiro atoms. The van der Waals surface area contributed by atoms with Crippen molar-refractivity contribution in [2.24, 2.45) is 0 Å². The molecule has 2 rings (SSSR count). The molecule has 0 fully saturated rings. The number of nitrogens with one attached hydrogen (secondary N) is 1. The van der Waals surface area contributed by atoms with Crippen molar-refractivity contribution in [3.05, 3.63) is 41.7 Å². The zero-order chi connectivity index (χ0) is 17.7. The molecule has 1 aromatic heterocycles. The van der Waals surface area contributed by atoms with Gasteiger partial charge in [0.15, 0.2) is 0 Å². The molecule has 6 heteroatoms. The lowest BCUT2D eigenvalue weighted by Crippen LogP contribution is -2.31. The molecular weight excluding hydrogens is 304 g/mol. The molecule has 0 radical (unpaired) electrons. The van der Waals surface area contributed by atoms with Gasteiger partial charge in [0.25, 0.3) is 5.91 Å². The van der Waals surface area contributed by atoms with Crippen LogP contribution in [0.25, 0.3) is 5.69 Å². The first-order chi connectivity index (χ1) is 11.4. The highest BCUT2D eigenvalue weighted by molar-refractivity contribution is 5.95. The number of benzene rings is 1. The van der Waals surface area contributed by atoms with Gasteiger partial charge in [-0.25, -0.2) is 4.68 Å². The van der Waals surface area contributed by atoms with E-state index in [0.29, 0.717) is 12.1 Å². The normalized spacial score (nSPS) is 11.1. The minimum Gasteiger partial charge on any atom is -0.497 e. The Kier molecular flexibility index (Phi) is 5.98. The number of nitrogens with zero attached hydrogens (tertiary/aromatic N) is 3. The van der Waals surface area contributed by atoms with Crippen molar-refractivity contribution in [3.8, 4) is 11.4 Å². The highest BCUT2D eigenvalue weighted by Gasteiger charge is 2.20. The third-order valence-corrected chi connectivity index (χ3v) is 3.76. The van der Waals surface area contributed by atoms with Crippen molar-refractivity contribution in [2.45, 2.75) is 19.8 Å². The standard InChI is InChI=1S/C18H26N4O2/c1-13(2)17-16(18(23)19-10-11-21(3)4)12-20-22(17)14-6-8-15(24-5)9-7-14/h6-9,12-13H,10-11H2,1-5H3,(H,19,23). The number of methoxy groups -OCH3 is 1. The van der Waals surface area contributed by atoms with Gasteiger partial charge in [0, 0.05) is 13.1 Å². The van der Waals surface area contributed by atoms with Gasteiger partial charge in [0.2, 0.25) is 0 Å². The van der Waals surface area contributed by atoms with Gasteiger partial charge in [0.1, 0.15) is 5.75 Å². The van der Waals surface area contributed by atoms with E-state index in [1.54, 1.807) is 13.3 Å². The van der Waals surface area contributed by atoms with Gasteiger partial charge in [0.05, 0.1) is 30.3 Å². The SMILES string of the molecule is COc1ccc(-n2ncc(C(=O)NCCN(C)C)c2C(C)C)cc1. The Morgan fingerprint density at radius 2 is 1.96 bits per heavy atom. The molecule has 1 N–H and O–H groups in total. The van der Waals surface area contributed by atoms with E-state index in [2.05, 4.69) is 24.3 Å². The first-order valence-electron chi connectivity index (χ1n) is 8.09. The highest BCUT2D eigenvalue weighted by atomic mass is 16.5. The van der Waals surface area contributed by atoms with Crippen molar-refractivity contribution >= 4 is 5.91 Å². The molecule has 0 aliphatic heterocycles. The molecule has 130 valence electrons. The van der Waals surface area contributed by atoms with Gasteiger partial charge in [-0.3, -0.25) is 4.79 Å². The van der Waals surface area contributed by atoms with E-state index >= 15 is 0 Å². The molecule has 0 bridgehead atoms. The van der Waals surface area contributed by atoms with Gasteiger partial charge >= 0.3 is 0 Å². The Hall–Kier alpha value is -2.34. The van der Waals surface area contributed by atoms with E-state index < -0.39 is 0 Å². The first kappa shape index (κ1) is 18.0. The molecule has 0 saturated carbocycles. The maximum absolute atomic E-state index is 12.5. The fourth-order valence-corrected chi connectivity index (χ4v) is 2.51. The Morgan fingerprint density at radius 1 is 1.29 bits per heavy atom. The van der Waals surface area contributed by atoms with Gasteiger partial charge in [-0.05, 0) is 44.3 Å². The molecule has 0 unspecified atom stereocenters. The number of carbonyl (C=O) groups excluding carboxylic acids is 1. The molecule has 24 heavy (non-hydrogen) atoms. The number of aromatic nitrogens is 2. The lowest BCUT2D eigenvalue weighted by Gasteiger charge is -2.14. The lowest BCUT2D eigenvalue weighted by molar-refractivity contribution is 0.0949. The first-order valence-corrected chi connectivity index (χ1v) is 8.09. The number of hydrogen-bond acceptors (Lipinski definition) is 4. The Labute approximate surface area is 143 Å². The summed E-state index contributed by atoms with van der Waals surface area (Å²) in [6.45, 7) is 5.54. The van der Waals surface area contributed by atoms with Gasteiger partial charge in [-0.2, -0.15) is 5.10 Å². The van der Waals surface area contributed by atoms with Crippen LogP contribution in [-0.2, 0) is 0 Å². The number of amides is 1. The van der Waals surface area contributed by atoms with Crippen molar-refractivity contribution < 1.29 is 9.53 Å². The molecule has 0 atom stereocenters. The predicted molar refractivity (Wildman–Crippen MR) is 95.1 cm³/mol. The molecule has 0 saturated heterocycles. The molecule has 0 aliphatic carbocycles. The summed E-state index contributed by atoms with van der Waals surface area (Å²) in [5.74, 6) is 0.878. The van der Waals surface area contributed by atoms with Crippen LogP contribution in [0, 0.1) is 0 Å². The van der Waals surface area contributed by atoms with E-state index in [4.69, 9.17) is 4.74 Å². The quantitative estimate of drug-likeness (QED) is 0.846. The fraction of sp³-hybridized carbons (Fsp3) is 0.444. The van der Waals surface area contributed by atoms with Crippen LogP contribution >= 0.6 is 0 Å². The molecule has 6 nitrogen and oxygen atoms in total. The van der Waals surface area contributed by atoms with Crippen LogP contribution in [0.2, 0.25) is 0 Å². The smallest absolute Gasteiger partial charge is 0.254 e. The maximum Gasteiger partial charge on any atom is 0.254 e. The third-order valence-electron chi connectivity index (χ3n) is 3.76. The summed E-state index contributed by atoms with van der Waals surface area (Å²) in [6.07, 6.45) is 1.64. The van der Waals surface area contributed by atoms with Crippen molar-refractivity contribution in [2.75, 3.05) is 34.3 Å². The predicted octanol–water partition coefficient (Wildman–Crippen LogP) is 2.30.